The molecule has 2 unspecified atom stereocenters. The van der Waals surface area contributed by atoms with Gasteiger partial charge in [0.15, 0.2) is 0 Å². The van der Waals surface area contributed by atoms with Gasteiger partial charge in [-0.2, -0.15) is 0 Å². The lowest BCUT2D eigenvalue weighted by Gasteiger charge is -2.43. The third kappa shape index (κ3) is 2.65. The number of benzene rings is 3. The number of aliphatic hydroxyl groups excluding tert-OH is 1. The van der Waals surface area contributed by atoms with Crippen LogP contribution in [0.4, 0.5) is 4.39 Å². The molecule has 2 nitrogen and oxygen atoms in total. The zero-order chi connectivity index (χ0) is 20.2. The van der Waals surface area contributed by atoms with Crippen LogP contribution in [0.3, 0.4) is 0 Å². The van der Waals surface area contributed by atoms with Crippen molar-refractivity contribution in [2.75, 3.05) is 0 Å². The van der Waals surface area contributed by atoms with Crippen LogP contribution in [0, 0.1) is 5.82 Å². The van der Waals surface area contributed by atoms with E-state index in [2.05, 4.69) is 42.5 Å². The maximum atomic E-state index is 14.3. The van der Waals surface area contributed by atoms with E-state index < -0.39 is 17.3 Å². The average Bonchev–Trinajstić information content (AvgIpc) is 2.71. The maximum absolute atomic E-state index is 14.3. The highest BCUT2D eigenvalue weighted by atomic mass is 19.1. The molecule has 0 spiro atoms. The van der Waals surface area contributed by atoms with Gasteiger partial charge in [-0.15, -0.1) is 0 Å². The van der Waals surface area contributed by atoms with E-state index in [0.717, 1.165) is 30.0 Å². The molecule has 0 saturated heterocycles. The Morgan fingerprint density at radius 3 is 2.62 bits per heavy atom. The second kappa shape index (κ2) is 6.57. The zero-order valence-electron chi connectivity index (χ0n) is 16.3. The summed E-state index contributed by atoms with van der Waals surface area (Å²) >= 11 is 0. The number of aryl methyl sites for hydroxylation is 1. The molecule has 2 N–H and O–H groups in total. The van der Waals surface area contributed by atoms with Gasteiger partial charge in [0.25, 0.3) is 0 Å². The van der Waals surface area contributed by atoms with Gasteiger partial charge in [0, 0.05) is 6.07 Å². The van der Waals surface area contributed by atoms with Crippen LogP contribution in [0.1, 0.15) is 41.2 Å². The molecule has 0 radical (unpaired) electrons. The Balaban J connectivity index is 1.84. The Morgan fingerprint density at radius 2 is 1.83 bits per heavy atom. The van der Waals surface area contributed by atoms with E-state index >= 15 is 0 Å². The minimum Gasteiger partial charge on any atom is -0.508 e. The van der Waals surface area contributed by atoms with Crippen molar-refractivity contribution in [3.63, 3.8) is 0 Å². The number of phenols is 1. The van der Waals surface area contributed by atoms with Crippen molar-refractivity contribution in [3.05, 3.63) is 94.3 Å². The number of hydrogen-bond acceptors (Lipinski definition) is 2. The quantitative estimate of drug-likeness (QED) is 0.621. The first-order valence-electron chi connectivity index (χ1n) is 10.1. The van der Waals surface area contributed by atoms with Crippen LogP contribution < -0.4 is 0 Å². The second-order valence-corrected chi connectivity index (χ2v) is 8.16. The second-order valence-electron chi connectivity index (χ2n) is 8.16. The lowest BCUT2D eigenvalue weighted by molar-refractivity contribution is 0.119. The Labute approximate surface area is 170 Å². The van der Waals surface area contributed by atoms with E-state index in [0.29, 0.717) is 12.0 Å². The summed E-state index contributed by atoms with van der Waals surface area (Å²) in [6, 6.07) is 16.9. The smallest absolute Gasteiger partial charge is 0.127 e. The lowest BCUT2D eigenvalue weighted by Crippen LogP contribution is -2.41. The molecule has 3 aromatic rings. The summed E-state index contributed by atoms with van der Waals surface area (Å²) in [5, 5.41) is 21.2. The molecule has 29 heavy (non-hydrogen) atoms. The molecule has 0 aliphatic heterocycles. The molecule has 0 heterocycles. The Bertz CT molecular complexity index is 1130. The molecule has 2 aliphatic carbocycles. The first-order valence-corrected chi connectivity index (χ1v) is 10.1. The number of fused-ring (bicyclic) bond motifs is 5. The van der Waals surface area contributed by atoms with Crippen LogP contribution >= 0.6 is 0 Å². The van der Waals surface area contributed by atoms with Crippen LogP contribution in [0.15, 0.2) is 60.7 Å². The van der Waals surface area contributed by atoms with Gasteiger partial charge in [-0.05, 0) is 77.3 Å². The van der Waals surface area contributed by atoms with Gasteiger partial charge in [-0.1, -0.05) is 48.6 Å². The number of phenolic OH excluding ortho intramolecular Hbond substituents is 1. The van der Waals surface area contributed by atoms with Crippen LogP contribution in [-0.4, -0.2) is 16.3 Å². The highest BCUT2D eigenvalue weighted by Crippen LogP contribution is 2.50. The number of hydrogen-bond donors (Lipinski definition) is 2. The largest absolute Gasteiger partial charge is 0.508 e. The summed E-state index contributed by atoms with van der Waals surface area (Å²) in [7, 11) is 0. The highest BCUT2D eigenvalue weighted by Gasteiger charge is 2.44. The minimum atomic E-state index is -0.804. The standard InChI is InChI=1S/C26H23FO2/c1-16(28)26(19-13-20(27)15-21(29)14-19)12-4-6-18-9-10-23-22-7-3-2-5-17(22)8-11-24(23)25(18)26/h2-7,9-10,13-16,28-29H,8,11-12H2,1H3. The predicted molar refractivity (Wildman–Crippen MR) is 113 cm³/mol. The minimum absolute atomic E-state index is 0.119. The fourth-order valence-corrected chi connectivity index (χ4v) is 5.29. The average molecular weight is 386 g/mol. The van der Waals surface area contributed by atoms with Crippen molar-refractivity contribution in [2.24, 2.45) is 0 Å². The molecule has 0 amide bonds. The van der Waals surface area contributed by atoms with Crippen molar-refractivity contribution in [1.82, 2.24) is 0 Å². The number of rotatable bonds is 2. The first-order chi connectivity index (χ1) is 14.0. The Morgan fingerprint density at radius 1 is 1.00 bits per heavy atom. The summed E-state index contributed by atoms with van der Waals surface area (Å²) in [5.74, 6) is -0.613. The van der Waals surface area contributed by atoms with Crippen molar-refractivity contribution in [2.45, 2.75) is 37.7 Å². The first kappa shape index (κ1) is 18.1. The summed E-state index contributed by atoms with van der Waals surface area (Å²) < 4.78 is 14.3. The van der Waals surface area contributed by atoms with Crippen LogP contribution in [0.25, 0.3) is 17.2 Å². The van der Waals surface area contributed by atoms with Gasteiger partial charge < -0.3 is 10.2 Å². The molecule has 2 atom stereocenters. The number of aromatic hydroxyl groups is 1. The number of aliphatic hydroxyl groups is 1. The van der Waals surface area contributed by atoms with E-state index in [9.17, 15) is 14.6 Å². The zero-order valence-corrected chi connectivity index (χ0v) is 16.3. The fourth-order valence-electron chi connectivity index (χ4n) is 5.29. The van der Waals surface area contributed by atoms with E-state index in [1.165, 1.54) is 28.3 Å². The summed E-state index contributed by atoms with van der Waals surface area (Å²) in [6.07, 6.45) is 5.75. The van der Waals surface area contributed by atoms with Crippen LogP contribution in [0.5, 0.6) is 5.75 Å². The van der Waals surface area contributed by atoms with Gasteiger partial charge in [-0.25, -0.2) is 4.39 Å². The topological polar surface area (TPSA) is 40.5 Å². The Hall–Kier alpha value is -2.91. The van der Waals surface area contributed by atoms with Gasteiger partial charge in [0.05, 0.1) is 11.5 Å². The predicted octanol–water partition coefficient (Wildman–Crippen LogP) is 5.38. The third-order valence-corrected chi connectivity index (χ3v) is 6.59. The third-order valence-electron chi connectivity index (χ3n) is 6.59. The molecular weight excluding hydrogens is 363 g/mol. The van der Waals surface area contributed by atoms with E-state index in [1.807, 2.05) is 6.08 Å². The Kier molecular flexibility index (Phi) is 4.11. The SMILES string of the molecule is CC(O)C1(c2cc(O)cc(F)c2)CC=Cc2ccc3c(c21)CCc1ccccc1-3. The van der Waals surface area contributed by atoms with Crippen molar-refractivity contribution < 1.29 is 14.6 Å². The van der Waals surface area contributed by atoms with Gasteiger partial charge in [0.2, 0.25) is 0 Å². The summed E-state index contributed by atoms with van der Waals surface area (Å²) in [6.45, 7) is 1.76. The van der Waals surface area contributed by atoms with E-state index in [4.69, 9.17) is 0 Å². The van der Waals surface area contributed by atoms with Gasteiger partial charge in [0.1, 0.15) is 11.6 Å². The van der Waals surface area contributed by atoms with Crippen molar-refractivity contribution in [3.8, 4) is 16.9 Å². The number of allylic oxidation sites excluding steroid dienone is 1. The lowest BCUT2D eigenvalue weighted by atomic mass is 9.62. The molecule has 0 saturated carbocycles. The molecule has 146 valence electrons. The molecule has 0 bridgehead atoms. The summed E-state index contributed by atoms with van der Waals surface area (Å²) in [4.78, 5) is 0. The van der Waals surface area contributed by atoms with Crippen molar-refractivity contribution in [1.29, 1.82) is 0 Å². The van der Waals surface area contributed by atoms with Crippen LogP contribution in [-0.2, 0) is 18.3 Å². The molecule has 0 aromatic heterocycles. The van der Waals surface area contributed by atoms with Crippen molar-refractivity contribution >= 4 is 6.08 Å². The van der Waals surface area contributed by atoms with Gasteiger partial charge >= 0.3 is 0 Å². The molecule has 5 rings (SSSR count). The highest BCUT2D eigenvalue weighted by molar-refractivity contribution is 5.79. The molecule has 2 aliphatic rings. The molecular formula is C26H23FO2. The van der Waals surface area contributed by atoms with Crippen LogP contribution in [0.2, 0.25) is 0 Å². The molecule has 3 aromatic carbocycles. The monoisotopic (exact) mass is 386 g/mol. The van der Waals surface area contributed by atoms with Gasteiger partial charge in [-0.3, -0.25) is 0 Å². The fraction of sp³-hybridized carbons (Fsp3) is 0.231. The molecule has 3 heteroatoms. The molecule has 0 fully saturated rings. The van der Waals surface area contributed by atoms with E-state index in [1.54, 1.807) is 13.0 Å². The summed E-state index contributed by atoms with van der Waals surface area (Å²) in [5.41, 5.74) is 6.89. The normalized spacial score (nSPS) is 20.5. The number of halogens is 1. The maximum Gasteiger partial charge on any atom is 0.127 e. The van der Waals surface area contributed by atoms with E-state index in [-0.39, 0.29) is 5.75 Å².